The van der Waals surface area contributed by atoms with E-state index in [0.717, 1.165) is 22.4 Å². The van der Waals surface area contributed by atoms with Gasteiger partial charge in [-0.25, -0.2) is 9.97 Å². The Morgan fingerprint density at radius 1 is 1.22 bits per heavy atom. The molecule has 0 aliphatic rings. The Labute approximate surface area is 106 Å². The first kappa shape index (κ1) is 12.1. The van der Waals surface area contributed by atoms with Gasteiger partial charge in [0, 0.05) is 11.8 Å². The fourth-order valence-corrected chi connectivity index (χ4v) is 1.72. The normalized spacial score (nSPS) is 9.89. The van der Waals surface area contributed by atoms with E-state index in [0.29, 0.717) is 5.69 Å². The number of ether oxygens (including phenoxy) is 1. The van der Waals surface area contributed by atoms with Gasteiger partial charge in [0.25, 0.3) is 0 Å². The van der Waals surface area contributed by atoms with Gasteiger partial charge in [-0.05, 0) is 43.2 Å². The minimum absolute atomic E-state index is 0.160. The molecule has 1 aromatic carbocycles. The van der Waals surface area contributed by atoms with Crippen molar-refractivity contribution in [2.75, 3.05) is 7.11 Å². The van der Waals surface area contributed by atoms with E-state index in [1.807, 2.05) is 32.0 Å². The van der Waals surface area contributed by atoms with Crippen LogP contribution < -0.4 is 4.74 Å². The molecule has 1 aromatic heterocycles. The summed E-state index contributed by atoms with van der Waals surface area (Å²) in [4.78, 5) is 8.05. The minimum atomic E-state index is 0.160. The van der Waals surface area contributed by atoms with Crippen LogP contribution in [0.5, 0.6) is 5.75 Å². The SMILES string of the molecule is COc1cc(C)c(C)cc1-c1ccnc(C#N)n1. The van der Waals surface area contributed by atoms with Crippen LogP contribution >= 0.6 is 0 Å². The molecule has 0 aliphatic heterocycles. The molecule has 18 heavy (non-hydrogen) atoms. The van der Waals surface area contributed by atoms with Gasteiger partial charge in [0.15, 0.2) is 0 Å². The highest BCUT2D eigenvalue weighted by Gasteiger charge is 2.10. The van der Waals surface area contributed by atoms with Crippen LogP contribution in [-0.4, -0.2) is 17.1 Å². The largest absolute Gasteiger partial charge is 0.496 e. The van der Waals surface area contributed by atoms with Gasteiger partial charge in [-0.3, -0.25) is 0 Å². The summed E-state index contributed by atoms with van der Waals surface area (Å²) in [7, 11) is 1.63. The maximum atomic E-state index is 8.83. The Bertz CT molecular complexity index is 629. The highest BCUT2D eigenvalue weighted by molar-refractivity contribution is 5.69. The minimum Gasteiger partial charge on any atom is -0.496 e. The van der Waals surface area contributed by atoms with Crippen LogP contribution in [0.2, 0.25) is 0 Å². The van der Waals surface area contributed by atoms with Crippen molar-refractivity contribution in [1.29, 1.82) is 5.26 Å². The van der Waals surface area contributed by atoms with Crippen LogP contribution in [0.25, 0.3) is 11.3 Å². The maximum Gasteiger partial charge on any atom is 0.232 e. The highest BCUT2D eigenvalue weighted by atomic mass is 16.5. The summed E-state index contributed by atoms with van der Waals surface area (Å²) < 4.78 is 5.37. The Hall–Kier alpha value is -2.41. The first-order chi connectivity index (χ1) is 8.65. The van der Waals surface area contributed by atoms with Gasteiger partial charge in [-0.2, -0.15) is 5.26 Å². The Balaban J connectivity index is 2.62. The predicted octanol–water partition coefficient (Wildman–Crippen LogP) is 2.64. The molecule has 0 radical (unpaired) electrons. The summed E-state index contributed by atoms with van der Waals surface area (Å²) in [6.07, 6.45) is 1.58. The summed E-state index contributed by atoms with van der Waals surface area (Å²) in [6, 6.07) is 7.69. The van der Waals surface area contributed by atoms with E-state index in [4.69, 9.17) is 10.00 Å². The van der Waals surface area contributed by atoms with Crippen LogP contribution in [0.1, 0.15) is 17.0 Å². The average molecular weight is 239 g/mol. The number of methoxy groups -OCH3 is 1. The molecule has 90 valence electrons. The summed E-state index contributed by atoms with van der Waals surface area (Å²) in [6.45, 7) is 4.06. The number of nitrogens with zero attached hydrogens (tertiary/aromatic N) is 3. The van der Waals surface area contributed by atoms with Crippen LogP contribution in [0.4, 0.5) is 0 Å². The van der Waals surface area contributed by atoms with E-state index in [9.17, 15) is 0 Å². The van der Waals surface area contributed by atoms with Crippen LogP contribution in [0, 0.1) is 25.2 Å². The van der Waals surface area contributed by atoms with Crippen LogP contribution in [-0.2, 0) is 0 Å². The summed E-state index contributed by atoms with van der Waals surface area (Å²) in [5, 5.41) is 8.83. The second-order valence-electron chi connectivity index (χ2n) is 4.01. The van der Waals surface area contributed by atoms with Gasteiger partial charge < -0.3 is 4.74 Å². The zero-order valence-electron chi connectivity index (χ0n) is 10.6. The molecule has 2 rings (SSSR count). The number of hydrogen-bond acceptors (Lipinski definition) is 4. The number of benzene rings is 1. The van der Waals surface area contributed by atoms with Crippen molar-refractivity contribution >= 4 is 0 Å². The van der Waals surface area contributed by atoms with Crippen molar-refractivity contribution in [3.63, 3.8) is 0 Å². The first-order valence-electron chi connectivity index (χ1n) is 5.54. The smallest absolute Gasteiger partial charge is 0.232 e. The molecule has 0 fully saturated rings. The standard InChI is InChI=1S/C14H13N3O/c1-9-6-11(13(18-3)7-10(9)2)12-4-5-16-14(8-15)17-12/h4-7H,1-3H3. The van der Waals surface area contributed by atoms with E-state index in [2.05, 4.69) is 9.97 Å². The van der Waals surface area contributed by atoms with Crippen molar-refractivity contribution < 1.29 is 4.74 Å². The molecule has 0 saturated heterocycles. The lowest BCUT2D eigenvalue weighted by molar-refractivity contribution is 0.416. The molecule has 0 amide bonds. The molecule has 2 aromatic rings. The molecule has 0 N–H and O–H groups in total. The van der Waals surface area contributed by atoms with E-state index in [-0.39, 0.29) is 5.82 Å². The Kier molecular flexibility index (Phi) is 3.24. The molecule has 4 heteroatoms. The number of aromatic nitrogens is 2. The van der Waals surface area contributed by atoms with Gasteiger partial charge in [-0.1, -0.05) is 0 Å². The fraction of sp³-hybridized carbons (Fsp3) is 0.214. The zero-order chi connectivity index (χ0) is 13.1. The molecule has 0 atom stereocenters. The predicted molar refractivity (Wildman–Crippen MR) is 68.2 cm³/mol. The molecule has 0 spiro atoms. The third kappa shape index (κ3) is 2.16. The molecule has 0 saturated carbocycles. The zero-order valence-corrected chi connectivity index (χ0v) is 10.6. The lowest BCUT2D eigenvalue weighted by atomic mass is 10.0. The van der Waals surface area contributed by atoms with Crippen LogP contribution in [0.3, 0.4) is 0 Å². The monoisotopic (exact) mass is 239 g/mol. The number of aryl methyl sites for hydroxylation is 2. The lowest BCUT2D eigenvalue weighted by Crippen LogP contribution is -1.95. The number of rotatable bonds is 2. The third-order valence-corrected chi connectivity index (χ3v) is 2.85. The molecule has 0 unspecified atom stereocenters. The quantitative estimate of drug-likeness (QED) is 0.808. The van der Waals surface area contributed by atoms with Crippen LogP contribution in [0.15, 0.2) is 24.4 Å². The number of hydrogen-bond donors (Lipinski definition) is 0. The maximum absolute atomic E-state index is 8.83. The molecule has 1 heterocycles. The van der Waals surface area contributed by atoms with E-state index in [1.54, 1.807) is 19.4 Å². The molecular weight excluding hydrogens is 226 g/mol. The van der Waals surface area contributed by atoms with Gasteiger partial charge in [-0.15, -0.1) is 0 Å². The van der Waals surface area contributed by atoms with Crippen molar-refractivity contribution in [2.45, 2.75) is 13.8 Å². The second-order valence-corrected chi connectivity index (χ2v) is 4.01. The summed E-state index contributed by atoms with van der Waals surface area (Å²) in [5.41, 5.74) is 3.88. The topological polar surface area (TPSA) is 58.8 Å². The molecule has 4 nitrogen and oxygen atoms in total. The van der Waals surface area contributed by atoms with Crippen molar-refractivity contribution in [1.82, 2.24) is 9.97 Å². The van der Waals surface area contributed by atoms with Crippen molar-refractivity contribution in [3.05, 3.63) is 41.3 Å². The Morgan fingerprint density at radius 2 is 1.94 bits per heavy atom. The van der Waals surface area contributed by atoms with Crippen molar-refractivity contribution in [2.24, 2.45) is 0 Å². The molecule has 0 bridgehead atoms. The number of nitriles is 1. The van der Waals surface area contributed by atoms with Gasteiger partial charge in [0.05, 0.1) is 12.8 Å². The average Bonchev–Trinajstić information content (AvgIpc) is 2.41. The first-order valence-corrected chi connectivity index (χ1v) is 5.54. The third-order valence-electron chi connectivity index (χ3n) is 2.85. The van der Waals surface area contributed by atoms with Gasteiger partial charge in [0.2, 0.25) is 5.82 Å². The fourth-order valence-electron chi connectivity index (χ4n) is 1.72. The van der Waals surface area contributed by atoms with E-state index < -0.39 is 0 Å². The Morgan fingerprint density at radius 3 is 2.61 bits per heavy atom. The summed E-state index contributed by atoms with van der Waals surface area (Å²) in [5.74, 6) is 0.911. The highest BCUT2D eigenvalue weighted by Crippen LogP contribution is 2.31. The van der Waals surface area contributed by atoms with Crippen molar-refractivity contribution in [3.8, 4) is 23.1 Å². The van der Waals surface area contributed by atoms with Gasteiger partial charge in [0.1, 0.15) is 11.8 Å². The lowest BCUT2D eigenvalue weighted by Gasteiger charge is -2.11. The molecule has 0 aliphatic carbocycles. The summed E-state index contributed by atoms with van der Waals surface area (Å²) >= 11 is 0. The van der Waals surface area contributed by atoms with Gasteiger partial charge >= 0.3 is 0 Å². The molecular formula is C14H13N3O. The second kappa shape index (κ2) is 4.84. The van der Waals surface area contributed by atoms with E-state index >= 15 is 0 Å². The van der Waals surface area contributed by atoms with E-state index in [1.165, 1.54) is 0 Å².